The standard InChI is InChI=1S/C22H16BrN3O6/c23-17-5-3-4-16(12-17)22(28)32-18-10-8-15(9-11-18)13-24-25-21(27)14-31-20-7-2-1-6-19(20)26(29)30/h1-13H,14H2,(H,25,27). The molecule has 0 aromatic heterocycles. The Morgan fingerprint density at radius 2 is 1.81 bits per heavy atom. The zero-order valence-corrected chi connectivity index (χ0v) is 18.0. The third kappa shape index (κ3) is 6.47. The molecule has 9 nitrogen and oxygen atoms in total. The van der Waals surface area contributed by atoms with Crippen molar-refractivity contribution in [2.24, 2.45) is 5.10 Å². The molecule has 0 saturated heterocycles. The van der Waals surface area contributed by atoms with Crippen LogP contribution in [0.2, 0.25) is 0 Å². The minimum atomic E-state index is -0.592. The van der Waals surface area contributed by atoms with E-state index in [-0.39, 0.29) is 11.4 Å². The maximum Gasteiger partial charge on any atom is 0.343 e. The van der Waals surface area contributed by atoms with Gasteiger partial charge in [0.1, 0.15) is 5.75 Å². The van der Waals surface area contributed by atoms with Gasteiger partial charge in [0.15, 0.2) is 12.4 Å². The minimum absolute atomic E-state index is 0.00961. The molecule has 0 atom stereocenters. The van der Waals surface area contributed by atoms with E-state index in [0.717, 1.165) is 4.47 Å². The zero-order valence-electron chi connectivity index (χ0n) is 16.4. The molecule has 3 aromatic rings. The van der Waals surface area contributed by atoms with Crippen molar-refractivity contribution in [2.75, 3.05) is 6.61 Å². The second kappa shape index (κ2) is 10.8. The average Bonchev–Trinajstić information content (AvgIpc) is 2.79. The van der Waals surface area contributed by atoms with Crippen molar-refractivity contribution >= 4 is 39.7 Å². The monoisotopic (exact) mass is 497 g/mol. The van der Waals surface area contributed by atoms with Crippen LogP contribution in [0.15, 0.2) is 82.4 Å². The Bertz CT molecular complexity index is 1160. The largest absolute Gasteiger partial charge is 0.477 e. The number of ether oxygens (including phenoxy) is 2. The van der Waals surface area contributed by atoms with Crippen LogP contribution in [0.3, 0.4) is 0 Å². The molecule has 32 heavy (non-hydrogen) atoms. The fourth-order valence-corrected chi connectivity index (χ4v) is 2.89. The van der Waals surface area contributed by atoms with Crippen LogP contribution >= 0.6 is 15.9 Å². The summed E-state index contributed by atoms with van der Waals surface area (Å²) in [7, 11) is 0. The predicted molar refractivity (Wildman–Crippen MR) is 120 cm³/mol. The molecule has 0 bridgehead atoms. The normalized spacial score (nSPS) is 10.5. The van der Waals surface area contributed by atoms with E-state index >= 15 is 0 Å². The van der Waals surface area contributed by atoms with Gasteiger partial charge in [-0.3, -0.25) is 14.9 Å². The highest BCUT2D eigenvalue weighted by Gasteiger charge is 2.14. The first-order valence-electron chi connectivity index (χ1n) is 9.18. The van der Waals surface area contributed by atoms with E-state index in [9.17, 15) is 19.7 Å². The van der Waals surface area contributed by atoms with E-state index in [1.807, 2.05) is 0 Å². The van der Waals surface area contributed by atoms with Gasteiger partial charge in [0.25, 0.3) is 5.91 Å². The summed E-state index contributed by atoms with van der Waals surface area (Å²) in [6, 6.07) is 19.1. The Morgan fingerprint density at radius 3 is 2.53 bits per heavy atom. The van der Waals surface area contributed by atoms with Crippen LogP contribution in [0.4, 0.5) is 5.69 Å². The number of para-hydroxylation sites is 2. The summed E-state index contributed by atoms with van der Waals surface area (Å²) >= 11 is 3.30. The lowest BCUT2D eigenvalue weighted by molar-refractivity contribution is -0.385. The van der Waals surface area contributed by atoms with Crippen molar-refractivity contribution in [3.05, 3.63) is 98.5 Å². The zero-order chi connectivity index (χ0) is 22.9. The number of nitro benzene ring substituents is 1. The number of nitrogens with zero attached hydrogens (tertiary/aromatic N) is 2. The second-order valence-corrected chi connectivity index (χ2v) is 7.19. The number of nitro groups is 1. The third-order valence-corrected chi connectivity index (χ3v) is 4.47. The number of rotatable bonds is 8. The number of carbonyl (C=O) groups is 2. The quantitative estimate of drug-likeness (QED) is 0.164. The van der Waals surface area contributed by atoms with Crippen LogP contribution in [0, 0.1) is 10.1 Å². The van der Waals surface area contributed by atoms with Crippen molar-refractivity contribution in [3.63, 3.8) is 0 Å². The first-order chi connectivity index (χ1) is 15.4. The van der Waals surface area contributed by atoms with E-state index in [0.29, 0.717) is 16.9 Å². The van der Waals surface area contributed by atoms with Gasteiger partial charge in [-0.05, 0) is 54.1 Å². The molecule has 0 unspecified atom stereocenters. The first-order valence-corrected chi connectivity index (χ1v) is 9.97. The topological polar surface area (TPSA) is 120 Å². The lowest BCUT2D eigenvalue weighted by atomic mass is 10.2. The van der Waals surface area contributed by atoms with Gasteiger partial charge in [-0.25, -0.2) is 10.2 Å². The van der Waals surface area contributed by atoms with Gasteiger partial charge in [-0.2, -0.15) is 5.10 Å². The number of amides is 1. The highest BCUT2D eigenvalue weighted by Crippen LogP contribution is 2.25. The van der Waals surface area contributed by atoms with Crippen LogP contribution in [-0.4, -0.2) is 29.6 Å². The first kappa shape index (κ1) is 22.6. The number of carbonyl (C=O) groups excluding carboxylic acids is 2. The third-order valence-electron chi connectivity index (χ3n) is 3.97. The summed E-state index contributed by atoms with van der Waals surface area (Å²) in [6.45, 7) is -0.438. The molecule has 1 N–H and O–H groups in total. The highest BCUT2D eigenvalue weighted by molar-refractivity contribution is 9.10. The Kier molecular flexibility index (Phi) is 7.65. The number of hydrogen-bond acceptors (Lipinski definition) is 7. The van der Waals surface area contributed by atoms with Gasteiger partial charge in [0.05, 0.1) is 16.7 Å². The Morgan fingerprint density at radius 1 is 1.06 bits per heavy atom. The van der Waals surface area contributed by atoms with Gasteiger partial charge in [0.2, 0.25) is 0 Å². The number of hydrogen-bond donors (Lipinski definition) is 1. The Hall–Kier alpha value is -4.05. The molecule has 3 rings (SSSR count). The molecular formula is C22H16BrN3O6. The van der Waals surface area contributed by atoms with E-state index < -0.39 is 23.4 Å². The molecule has 10 heteroatoms. The summed E-state index contributed by atoms with van der Waals surface area (Å²) in [5.74, 6) is -0.726. The van der Waals surface area contributed by atoms with Gasteiger partial charge >= 0.3 is 11.7 Å². The molecule has 1 amide bonds. The van der Waals surface area contributed by atoms with Crippen LogP contribution in [-0.2, 0) is 4.79 Å². The predicted octanol–water partition coefficient (Wildman–Crippen LogP) is 4.11. The molecule has 0 aliphatic heterocycles. The minimum Gasteiger partial charge on any atom is -0.477 e. The van der Waals surface area contributed by atoms with Gasteiger partial charge in [-0.15, -0.1) is 0 Å². The molecule has 0 aliphatic rings. The lowest BCUT2D eigenvalue weighted by Gasteiger charge is -2.05. The maximum atomic E-state index is 12.2. The van der Waals surface area contributed by atoms with Gasteiger partial charge in [0, 0.05) is 10.5 Å². The fraction of sp³-hybridized carbons (Fsp3) is 0.0455. The van der Waals surface area contributed by atoms with Crippen molar-refractivity contribution in [3.8, 4) is 11.5 Å². The number of nitrogens with one attached hydrogen (secondary N) is 1. The molecule has 0 aliphatic carbocycles. The molecule has 0 heterocycles. The van der Waals surface area contributed by atoms with E-state index in [1.54, 1.807) is 54.6 Å². The van der Waals surface area contributed by atoms with Crippen molar-refractivity contribution in [1.29, 1.82) is 0 Å². The fourth-order valence-electron chi connectivity index (χ4n) is 2.49. The van der Waals surface area contributed by atoms with Crippen LogP contribution in [0.5, 0.6) is 11.5 Å². The number of benzene rings is 3. The highest BCUT2D eigenvalue weighted by atomic mass is 79.9. The van der Waals surface area contributed by atoms with E-state index in [2.05, 4.69) is 26.5 Å². The summed E-state index contributed by atoms with van der Waals surface area (Å²) in [5, 5.41) is 14.7. The SMILES string of the molecule is O=C(COc1ccccc1[N+](=O)[O-])NN=Cc1ccc(OC(=O)c2cccc(Br)c2)cc1. The summed E-state index contributed by atoms with van der Waals surface area (Å²) < 4.78 is 11.3. The van der Waals surface area contributed by atoms with E-state index in [1.165, 1.54) is 24.4 Å². The summed E-state index contributed by atoms with van der Waals surface area (Å²) in [5.41, 5.74) is 3.10. The lowest BCUT2D eigenvalue weighted by Crippen LogP contribution is -2.24. The van der Waals surface area contributed by atoms with Crippen LogP contribution in [0.25, 0.3) is 0 Å². The van der Waals surface area contributed by atoms with Crippen molar-refractivity contribution in [1.82, 2.24) is 5.43 Å². The Balaban J connectivity index is 1.49. The van der Waals surface area contributed by atoms with Crippen LogP contribution in [0.1, 0.15) is 15.9 Å². The van der Waals surface area contributed by atoms with Crippen molar-refractivity contribution in [2.45, 2.75) is 0 Å². The molecule has 162 valence electrons. The smallest absolute Gasteiger partial charge is 0.343 e. The van der Waals surface area contributed by atoms with Gasteiger partial charge < -0.3 is 9.47 Å². The van der Waals surface area contributed by atoms with Crippen LogP contribution < -0.4 is 14.9 Å². The van der Waals surface area contributed by atoms with Gasteiger partial charge in [-0.1, -0.05) is 34.1 Å². The van der Waals surface area contributed by atoms with E-state index in [4.69, 9.17) is 9.47 Å². The number of esters is 1. The molecule has 3 aromatic carbocycles. The molecule has 0 spiro atoms. The number of halogens is 1. The number of hydrazone groups is 1. The van der Waals surface area contributed by atoms with Crippen molar-refractivity contribution < 1.29 is 24.0 Å². The maximum absolute atomic E-state index is 12.2. The summed E-state index contributed by atoms with van der Waals surface area (Å²) in [4.78, 5) is 34.3. The molecule has 0 radical (unpaired) electrons. The molecule has 0 saturated carbocycles. The molecule has 0 fully saturated rings. The summed E-state index contributed by atoms with van der Waals surface area (Å²) in [6.07, 6.45) is 1.39. The Labute approximate surface area is 190 Å². The average molecular weight is 498 g/mol. The second-order valence-electron chi connectivity index (χ2n) is 6.28. The molecular weight excluding hydrogens is 482 g/mol.